The molecule has 0 radical (unpaired) electrons. The van der Waals surface area contributed by atoms with E-state index in [0.29, 0.717) is 0 Å². The van der Waals surface area contributed by atoms with Crippen molar-refractivity contribution in [3.8, 4) is 50.7 Å². The molecule has 9 aromatic carbocycles. The van der Waals surface area contributed by atoms with E-state index < -0.39 is 0 Å². The Bertz CT molecular complexity index is 4410. The molecule has 15 rings (SSSR count). The minimum Gasteiger partial charge on any atom is -0.316 e. The maximum atomic E-state index is 5.45. The molecule has 0 saturated carbocycles. The van der Waals surface area contributed by atoms with Crippen molar-refractivity contribution >= 4 is 55.2 Å². The van der Waals surface area contributed by atoms with Crippen LogP contribution in [0.5, 0.6) is 0 Å². The normalized spacial score (nSPS) is 14.5. The van der Waals surface area contributed by atoms with Crippen molar-refractivity contribution in [3.63, 3.8) is 0 Å². The molecule has 0 bridgehead atoms. The maximum absolute atomic E-state index is 5.45. The second-order valence-electron chi connectivity index (χ2n) is 19.3. The van der Waals surface area contributed by atoms with E-state index in [-0.39, 0.29) is 12.0 Å². The van der Waals surface area contributed by atoms with E-state index >= 15 is 0 Å². The van der Waals surface area contributed by atoms with Crippen molar-refractivity contribution < 1.29 is 0 Å². The summed E-state index contributed by atoms with van der Waals surface area (Å²) in [5, 5.41) is 5.86. The smallest absolute Gasteiger partial charge is 0.150 e. The lowest BCUT2D eigenvalue weighted by Crippen LogP contribution is -2.24. The van der Waals surface area contributed by atoms with Gasteiger partial charge in [0.2, 0.25) is 0 Å². The van der Waals surface area contributed by atoms with Gasteiger partial charge in [-0.3, -0.25) is 13.4 Å². The van der Waals surface area contributed by atoms with Crippen LogP contribution in [0.1, 0.15) is 28.7 Å². The first kappa shape index (κ1) is 42.0. The first-order valence-electron chi connectivity index (χ1n) is 25.4. The molecule has 0 N–H and O–H groups in total. The summed E-state index contributed by atoms with van der Waals surface area (Å²) < 4.78 is 7.08. The third kappa shape index (κ3) is 6.38. The molecule has 2 atom stereocenters. The Morgan fingerprint density at radius 3 is 1.39 bits per heavy atom. The van der Waals surface area contributed by atoms with Crippen LogP contribution in [-0.4, -0.2) is 23.3 Å². The molecule has 348 valence electrons. The van der Waals surface area contributed by atoms with Gasteiger partial charge in [-0.05, 0) is 62.9 Å². The Labute approximate surface area is 428 Å². The molecule has 2 unspecified atom stereocenters. The zero-order valence-electron chi connectivity index (χ0n) is 40.2. The minimum atomic E-state index is -0.106. The van der Waals surface area contributed by atoms with Crippen LogP contribution in [-0.2, 0) is 0 Å². The van der Waals surface area contributed by atoms with E-state index in [1.165, 1.54) is 49.5 Å². The van der Waals surface area contributed by atoms with Gasteiger partial charge in [-0.1, -0.05) is 231 Å². The molecule has 0 fully saturated rings. The van der Waals surface area contributed by atoms with Crippen LogP contribution in [0.25, 0.3) is 94.5 Å². The first-order valence-corrected chi connectivity index (χ1v) is 25.4. The molecule has 1 aliphatic rings. The zero-order valence-corrected chi connectivity index (χ0v) is 40.2. The van der Waals surface area contributed by atoms with Crippen molar-refractivity contribution in [2.24, 2.45) is 0 Å². The summed E-state index contributed by atoms with van der Waals surface area (Å²) in [6, 6.07) is 92.1. The summed E-state index contributed by atoms with van der Waals surface area (Å²) in [6.07, 6.45) is 4.33. The van der Waals surface area contributed by atoms with E-state index in [1.807, 2.05) is 0 Å². The lowest BCUT2D eigenvalue weighted by atomic mass is 9.84. The van der Waals surface area contributed by atoms with Crippen LogP contribution in [0, 0.1) is 0 Å². The fourth-order valence-corrected chi connectivity index (χ4v) is 12.2. The Kier molecular flexibility index (Phi) is 9.60. The average molecular weight is 947 g/mol. The maximum Gasteiger partial charge on any atom is 0.150 e. The van der Waals surface area contributed by atoms with Crippen molar-refractivity contribution in [3.05, 3.63) is 284 Å². The molecule has 14 aromatic rings. The van der Waals surface area contributed by atoms with Crippen molar-refractivity contribution in [2.45, 2.75) is 12.0 Å². The monoisotopic (exact) mass is 946 g/mol. The summed E-state index contributed by atoms with van der Waals surface area (Å²) in [4.78, 5) is 13.5. The molecule has 0 spiro atoms. The van der Waals surface area contributed by atoms with Crippen molar-refractivity contribution in [1.29, 1.82) is 0 Å². The molecule has 0 amide bonds. The molecule has 0 aliphatic carbocycles. The largest absolute Gasteiger partial charge is 0.316 e. The van der Waals surface area contributed by atoms with Crippen LogP contribution in [0.15, 0.2) is 267 Å². The predicted octanol–water partition coefficient (Wildman–Crippen LogP) is 16.9. The third-order valence-corrected chi connectivity index (χ3v) is 15.2. The number of rotatable bonds is 8. The number of benzene rings is 9. The van der Waals surface area contributed by atoms with E-state index in [4.69, 9.17) is 9.97 Å². The van der Waals surface area contributed by atoms with Gasteiger partial charge in [0.15, 0.2) is 5.82 Å². The van der Waals surface area contributed by atoms with E-state index in [1.54, 1.807) is 0 Å². The molecule has 74 heavy (non-hydrogen) atoms. The highest BCUT2D eigenvalue weighted by Crippen LogP contribution is 2.59. The second-order valence-corrected chi connectivity index (χ2v) is 19.3. The third-order valence-electron chi connectivity index (χ3n) is 15.2. The number of aromatic nitrogens is 5. The molecule has 6 heteroatoms. The summed E-state index contributed by atoms with van der Waals surface area (Å²) in [6.45, 7) is 0. The van der Waals surface area contributed by atoms with Gasteiger partial charge in [0.1, 0.15) is 28.5 Å². The van der Waals surface area contributed by atoms with Gasteiger partial charge in [0.25, 0.3) is 0 Å². The Morgan fingerprint density at radius 1 is 0.338 bits per heavy atom. The van der Waals surface area contributed by atoms with Gasteiger partial charge in [-0.2, -0.15) is 0 Å². The fourth-order valence-electron chi connectivity index (χ4n) is 12.2. The standard InChI is InChI=1S/C68H46N6/c1-7-23-45(24-8-1)59-55-41-37-51-52-38-42-56-60(46-25-9-2-10-26-46)64(50-33-17-6-18-34-50)74(68-62(48-29-13-4-14-30-48)70-58-36-20-22-44-72(58)68)66(56)54(52)40-39-53(51)65(55)73(63(59)49-31-15-5-16-32-49)67-61(47-27-11-3-12-28-47)69-57-35-19-21-43-71(57)67/h1-44,59,63H. The lowest BCUT2D eigenvalue weighted by molar-refractivity contribution is 0.652. The topological polar surface area (TPSA) is 42.8 Å². The highest BCUT2D eigenvalue weighted by atomic mass is 15.3. The van der Waals surface area contributed by atoms with Crippen LogP contribution in [0.3, 0.4) is 0 Å². The number of fused-ring (bicyclic) bond motifs is 9. The van der Waals surface area contributed by atoms with Gasteiger partial charge >= 0.3 is 0 Å². The van der Waals surface area contributed by atoms with Crippen molar-refractivity contribution in [1.82, 2.24) is 23.3 Å². The van der Waals surface area contributed by atoms with Crippen LogP contribution >= 0.6 is 0 Å². The van der Waals surface area contributed by atoms with Gasteiger partial charge in [0, 0.05) is 51.2 Å². The van der Waals surface area contributed by atoms with E-state index in [0.717, 1.165) is 73.2 Å². The summed E-state index contributed by atoms with van der Waals surface area (Å²) in [5.74, 6) is 2.03. The van der Waals surface area contributed by atoms with Gasteiger partial charge in [-0.15, -0.1) is 0 Å². The first-order chi connectivity index (χ1) is 36.8. The van der Waals surface area contributed by atoms with E-state index in [2.05, 4.69) is 285 Å². The summed E-state index contributed by atoms with van der Waals surface area (Å²) in [7, 11) is 0. The SMILES string of the molecule is c1ccc(-c2nc3ccccn3c2N2c3c(ccc4c3ccc3c4ccc4c(-c5ccccc5)c(-c5ccccc5)n(-c5c(-c6ccccc6)nc6ccccn56)c43)C(c3ccccc3)C2c2ccccc2)cc1. The molecule has 6 heterocycles. The molecule has 0 saturated heterocycles. The number of pyridine rings is 2. The fraction of sp³-hybridized carbons (Fsp3) is 0.0294. The molecular formula is C68H46N6. The van der Waals surface area contributed by atoms with Gasteiger partial charge < -0.3 is 4.90 Å². The number of anilines is 2. The van der Waals surface area contributed by atoms with Gasteiger partial charge in [0.05, 0.1) is 22.9 Å². The molecule has 5 aromatic heterocycles. The quantitative estimate of drug-likeness (QED) is 0.143. The lowest BCUT2D eigenvalue weighted by Gasteiger charge is -2.32. The molecule has 1 aliphatic heterocycles. The van der Waals surface area contributed by atoms with E-state index in [9.17, 15) is 0 Å². The number of hydrogen-bond donors (Lipinski definition) is 0. The van der Waals surface area contributed by atoms with Crippen LogP contribution in [0.2, 0.25) is 0 Å². The average Bonchev–Trinajstić information content (AvgIpc) is 4.25. The Balaban J connectivity index is 1.09. The molecular weight excluding hydrogens is 901 g/mol. The van der Waals surface area contributed by atoms with Crippen molar-refractivity contribution in [2.75, 3.05) is 4.90 Å². The number of hydrogen-bond acceptors (Lipinski definition) is 3. The number of imidazole rings is 2. The predicted molar refractivity (Wildman–Crippen MR) is 304 cm³/mol. The highest BCUT2D eigenvalue weighted by Gasteiger charge is 2.44. The summed E-state index contributed by atoms with van der Waals surface area (Å²) >= 11 is 0. The Hall–Kier alpha value is -9.78. The summed E-state index contributed by atoms with van der Waals surface area (Å²) in [5.41, 5.74) is 16.4. The molecule has 6 nitrogen and oxygen atoms in total. The van der Waals surface area contributed by atoms with Crippen LogP contribution in [0.4, 0.5) is 11.5 Å². The van der Waals surface area contributed by atoms with Crippen LogP contribution < -0.4 is 4.90 Å². The van der Waals surface area contributed by atoms with Gasteiger partial charge in [-0.25, -0.2) is 9.97 Å². The highest BCUT2D eigenvalue weighted by molar-refractivity contribution is 6.23. The second kappa shape index (κ2) is 16.9. The minimum absolute atomic E-state index is 0.000268. The zero-order chi connectivity index (χ0) is 48.7. The Morgan fingerprint density at radius 2 is 0.784 bits per heavy atom. The number of nitrogens with zero attached hydrogens (tertiary/aromatic N) is 6.